The first kappa shape index (κ1) is 16.3. The number of nitrogens with zero attached hydrogens (tertiary/aromatic N) is 3. The van der Waals surface area contributed by atoms with Gasteiger partial charge in [0, 0.05) is 37.9 Å². The van der Waals surface area contributed by atoms with Gasteiger partial charge in [-0.25, -0.2) is 4.98 Å². The first-order valence-electron chi connectivity index (χ1n) is 9.67. The van der Waals surface area contributed by atoms with Crippen molar-refractivity contribution in [2.24, 2.45) is 5.92 Å². The van der Waals surface area contributed by atoms with Crippen LogP contribution in [0.25, 0.3) is 0 Å². The van der Waals surface area contributed by atoms with Crippen LogP contribution in [0, 0.1) is 5.92 Å². The SMILES string of the molecule is CCc1nc2c(c(OC3CCCN(CC4CC4)C3)n1)CCOCC2. The number of rotatable bonds is 5. The highest BCUT2D eigenvalue weighted by atomic mass is 16.5. The Hall–Kier alpha value is -1.20. The minimum absolute atomic E-state index is 0.269. The molecule has 0 spiro atoms. The van der Waals surface area contributed by atoms with Crippen LogP contribution in [0.3, 0.4) is 0 Å². The van der Waals surface area contributed by atoms with Gasteiger partial charge in [0.1, 0.15) is 11.9 Å². The van der Waals surface area contributed by atoms with Gasteiger partial charge in [0.25, 0.3) is 0 Å². The van der Waals surface area contributed by atoms with Crippen molar-refractivity contribution < 1.29 is 9.47 Å². The molecule has 1 aliphatic carbocycles. The Morgan fingerprint density at radius 2 is 2.04 bits per heavy atom. The molecule has 0 amide bonds. The molecular formula is C19H29N3O2. The summed E-state index contributed by atoms with van der Waals surface area (Å²) in [6.07, 6.45) is 8.07. The molecule has 3 aliphatic rings. The lowest BCUT2D eigenvalue weighted by molar-refractivity contribution is 0.0808. The van der Waals surface area contributed by atoms with Crippen LogP contribution >= 0.6 is 0 Å². The van der Waals surface area contributed by atoms with Gasteiger partial charge < -0.3 is 9.47 Å². The maximum Gasteiger partial charge on any atom is 0.220 e. The first-order valence-corrected chi connectivity index (χ1v) is 9.67. The van der Waals surface area contributed by atoms with Gasteiger partial charge >= 0.3 is 0 Å². The Bertz CT molecular complexity index is 574. The summed E-state index contributed by atoms with van der Waals surface area (Å²) < 4.78 is 12.1. The lowest BCUT2D eigenvalue weighted by atomic mass is 10.1. The van der Waals surface area contributed by atoms with Crippen LogP contribution in [0.2, 0.25) is 0 Å². The van der Waals surface area contributed by atoms with E-state index in [2.05, 4.69) is 11.8 Å². The zero-order valence-corrected chi connectivity index (χ0v) is 14.8. The quantitative estimate of drug-likeness (QED) is 0.829. The van der Waals surface area contributed by atoms with Gasteiger partial charge in [0.15, 0.2) is 0 Å². The van der Waals surface area contributed by atoms with Crippen molar-refractivity contribution in [3.05, 3.63) is 17.1 Å². The Balaban J connectivity index is 1.50. The molecule has 1 aromatic heterocycles. The third-order valence-corrected chi connectivity index (χ3v) is 5.35. The van der Waals surface area contributed by atoms with Gasteiger partial charge in [0.2, 0.25) is 5.88 Å². The fourth-order valence-electron chi connectivity index (χ4n) is 3.81. The summed E-state index contributed by atoms with van der Waals surface area (Å²) in [4.78, 5) is 12.1. The highest BCUT2D eigenvalue weighted by molar-refractivity contribution is 5.32. The monoisotopic (exact) mass is 331 g/mol. The van der Waals surface area contributed by atoms with Crippen molar-refractivity contribution in [2.75, 3.05) is 32.8 Å². The number of aromatic nitrogens is 2. The average Bonchev–Trinajstić information content (AvgIpc) is 3.41. The molecule has 0 aromatic carbocycles. The largest absolute Gasteiger partial charge is 0.473 e. The number of ether oxygens (including phenoxy) is 2. The van der Waals surface area contributed by atoms with Crippen LogP contribution in [-0.2, 0) is 24.0 Å². The van der Waals surface area contributed by atoms with Crippen LogP contribution in [0.5, 0.6) is 5.88 Å². The van der Waals surface area contributed by atoms with Crippen LogP contribution in [0.1, 0.15) is 49.7 Å². The molecule has 1 unspecified atom stereocenters. The summed E-state index contributed by atoms with van der Waals surface area (Å²) in [5.41, 5.74) is 2.32. The summed E-state index contributed by atoms with van der Waals surface area (Å²) in [6.45, 7) is 7.15. The topological polar surface area (TPSA) is 47.5 Å². The molecule has 1 atom stereocenters. The fourth-order valence-corrected chi connectivity index (χ4v) is 3.81. The third kappa shape index (κ3) is 3.89. The number of hydrogen-bond donors (Lipinski definition) is 0. The second-order valence-electron chi connectivity index (χ2n) is 7.42. The molecular weight excluding hydrogens is 302 g/mol. The second kappa shape index (κ2) is 7.36. The minimum Gasteiger partial charge on any atom is -0.473 e. The molecule has 132 valence electrons. The van der Waals surface area contributed by atoms with Gasteiger partial charge in [-0.1, -0.05) is 6.92 Å². The second-order valence-corrected chi connectivity index (χ2v) is 7.42. The van der Waals surface area contributed by atoms with E-state index in [-0.39, 0.29) is 6.10 Å². The first-order chi connectivity index (χ1) is 11.8. The number of hydrogen-bond acceptors (Lipinski definition) is 5. The van der Waals surface area contributed by atoms with Crippen molar-refractivity contribution in [3.63, 3.8) is 0 Å². The summed E-state index contributed by atoms with van der Waals surface area (Å²) in [7, 11) is 0. The zero-order chi connectivity index (χ0) is 16.4. The van der Waals surface area contributed by atoms with E-state index in [1.165, 1.54) is 37.9 Å². The molecule has 0 radical (unpaired) electrons. The van der Waals surface area contributed by atoms with Crippen molar-refractivity contribution in [1.82, 2.24) is 14.9 Å². The van der Waals surface area contributed by atoms with Crippen LogP contribution in [0.15, 0.2) is 0 Å². The van der Waals surface area contributed by atoms with E-state index in [0.29, 0.717) is 0 Å². The predicted molar refractivity (Wildman–Crippen MR) is 92.5 cm³/mol. The predicted octanol–water partition coefficient (Wildman–Crippen LogP) is 2.41. The van der Waals surface area contributed by atoms with Crippen molar-refractivity contribution in [3.8, 4) is 5.88 Å². The van der Waals surface area contributed by atoms with E-state index >= 15 is 0 Å². The third-order valence-electron chi connectivity index (χ3n) is 5.35. The summed E-state index contributed by atoms with van der Waals surface area (Å²) >= 11 is 0. The number of aryl methyl sites for hydroxylation is 1. The number of fused-ring (bicyclic) bond motifs is 1. The zero-order valence-electron chi connectivity index (χ0n) is 14.8. The Labute approximate surface area is 144 Å². The molecule has 1 aromatic rings. The molecule has 0 N–H and O–H groups in total. The normalized spacial score (nSPS) is 25.1. The highest BCUT2D eigenvalue weighted by Crippen LogP contribution is 2.31. The standard InChI is InChI=1S/C19H29N3O2/c1-2-18-20-17-8-11-23-10-7-16(17)19(21-18)24-15-4-3-9-22(13-15)12-14-5-6-14/h14-15H,2-13H2,1H3. The molecule has 0 bridgehead atoms. The summed E-state index contributed by atoms with van der Waals surface area (Å²) in [5, 5.41) is 0. The van der Waals surface area contributed by atoms with Crippen molar-refractivity contribution in [2.45, 2.75) is 58.0 Å². The summed E-state index contributed by atoms with van der Waals surface area (Å²) in [5.74, 6) is 2.68. The van der Waals surface area contributed by atoms with Crippen molar-refractivity contribution in [1.29, 1.82) is 0 Å². The van der Waals surface area contributed by atoms with Crippen LogP contribution in [-0.4, -0.2) is 53.8 Å². The smallest absolute Gasteiger partial charge is 0.220 e. The van der Waals surface area contributed by atoms with Gasteiger partial charge in [0.05, 0.1) is 18.9 Å². The molecule has 2 fully saturated rings. The lowest BCUT2D eigenvalue weighted by Gasteiger charge is -2.33. The Morgan fingerprint density at radius 1 is 1.17 bits per heavy atom. The minimum atomic E-state index is 0.269. The van der Waals surface area contributed by atoms with Gasteiger partial charge in [-0.2, -0.15) is 4.98 Å². The average molecular weight is 331 g/mol. The molecule has 5 nitrogen and oxygen atoms in total. The van der Waals surface area contributed by atoms with E-state index < -0.39 is 0 Å². The van der Waals surface area contributed by atoms with Gasteiger partial charge in [-0.15, -0.1) is 0 Å². The van der Waals surface area contributed by atoms with E-state index in [4.69, 9.17) is 19.4 Å². The van der Waals surface area contributed by atoms with E-state index in [9.17, 15) is 0 Å². The molecule has 2 aliphatic heterocycles. The molecule has 3 heterocycles. The van der Waals surface area contributed by atoms with Crippen LogP contribution < -0.4 is 4.74 Å². The van der Waals surface area contributed by atoms with Gasteiger partial charge in [-0.05, 0) is 38.1 Å². The highest BCUT2D eigenvalue weighted by Gasteiger charge is 2.29. The summed E-state index contributed by atoms with van der Waals surface area (Å²) in [6, 6.07) is 0. The van der Waals surface area contributed by atoms with E-state index in [1.807, 2.05) is 0 Å². The fraction of sp³-hybridized carbons (Fsp3) is 0.789. The molecule has 4 rings (SSSR count). The Morgan fingerprint density at radius 3 is 2.88 bits per heavy atom. The van der Waals surface area contributed by atoms with E-state index in [0.717, 1.165) is 68.8 Å². The number of likely N-dealkylation sites (tertiary alicyclic amines) is 1. The molecule has 1 saturated carbocycles. The molecule has 24 heavy (non-hydrogen) atoms. The maximum absolute atomic E-state index is 6.44. The van der Waals surface area contributed by atoms with Crippen LogP contribution in [0.4, 0.5) is 0 Å². The maximum atomic E-state index is 6.44. The van der Waals surface area contributed by atoms with Gasteiger partial charge in [-0.3, -0.25) is 4.90 Å². The number of piperidine rings is 1. The lowest BCUT2D eigenvalue weighted by Crippen LogP contribution is -2.42. The molecule has 1 saturated heterocycles. The molecule has 5 heteroatoms. The Kier molecular flexibility index (Phi) is 4.99. The van der Waals surface area contributed by atoms with E-state index in [1.54, 1.807) is 0 Å². The van der Waals surface area contributed by atoms with Crippen molar-refractivity contribution >= 4 is 0 Å².